The van der Waals surface area contributed by atoms with Crippen molar-refractivity contribution >= 4 is 23.4 Å². The van der Waals surface area contributed by atoms with Gasteiger partial charge in [-0.2, -0.15) is 0 Å². The van der Waals surface area contributed by atoms with Gasteiger partial charge >= 0.3 is 5.97 Å². The summed E-state index contributed by atoms with van der Waals surface area (Å²) in [6, 6.07) is 4.84. The van der Waals surface area contributed by atoms with E-state index in [9.17, 15) is 4.79 Å². The van der Waals surface area contributed by atoms with Crippen LogP contribution < -0.4 is 5.73 Å². The summed E-state index contributed by atoms with van der Waals surface area (Å²) in [6.45, 7) is 0.0431. The second-order valence-electron chi connectivity index (χ2n) is 2.59. The Bertz CT molecular complexity index is 341. The number of carboxylic acid groups (broad SMARTS) is 1. The molecule has 14 heavy (non-hydrogen) atoms. The second kappa shape index (κ2) is 4.88. The molecule has 0 heterocycles. The third kappa shape index (κ3) is 2.40. The number of benzene rings is 1. The molecule has 1 aromatic rings. The van der Waals surface area contributed by atoms with Gasteiger partial charge in [0.1, 0.15) is 0 Å². The van der Waals surface area contributed by atoms with Crippen LogP contribution in [0, 0.1) is 0 Å². The Morgan fingerprint density at radius 2 is 2.21 bits per heavy atom. The highest BCUT2D eigenvalue weighted by Gasteiger charge is 2.10. The van der Waals surface area contributed by atoms with Crippen molar-refractivity contribution in [3.63, 3.8) is 0 Å². The van der Waals surface area contributed by atoms with Gasteiger partial charge in [-0.05, 0) is 12.1 Å². The first kappa shape index (κ1) is 10.9. The first-order valence-electron chi connectivity index (χ1n) is 4.02. The molecule has 0 aliphatic rings. The maximum absolute atomic E-state index is 10.7. The van der Waals surface area contributed by atoms with E-state index in [1.807, 2.05) is 0 Å². The molecule has 76 valence electrons. The Balaban J connectivity index is 2.95. The van der Waals surface area contributed by atoms with E-state index < -0.39 is 5.97 Å². The van der Waals surface area contributed by atoms with Crippen LogP contribution in [0.4, 0.5) is 5.69 Å². The van der Waals surface area contributed by atoms with E-state index >= 15 is 0 Å². The van der Waals surface area contributed by atoms with E-state index in [2.05, 4.69) is 0 Å². The molecule has 4 N–H and O–H groups in total. The molecule has 0 atom stereocenters. The Kier molecular flexibility index (Phi) is 3.79. The van der Waals surface area contributed by atoms with Gasteiger partial charge in [-0.3, -0.25) is 0 Å². The number of carbonyl (C=O) groups is 1. The third-order valence-electron chi connectivity index (χ3n) is 1.65. The molecule has 0 unspecified atom stereocenters. The lowest BCUT2D eigenvalue weighted by atomic mass is 10.2. The van der Waals surface area contributed by atoms with Gasteiger partial charge in [-0.1, -0.05) is 6.07 Å². The first-order chi connectivity index (χ1) is 6.66. The zero-order valence-corrected chi connectivity index (χ0v) is 8.25. The number of hydrogen-bond acceptors (Lipinski definition) is 4. The Hall–Kier alpha value is -1.20. The molecule has 0 amide bonds. The maximum atomic E-state index is 10.7. The van der Waals surface area contributed by atoms with Crippen LogP contribution in [0.25, 0.3) is 0 Å². The highest BCUT2D eigenvalue weighted by atomic mass is 32.2. The van der Waals surface area contributed by atoms with Gasteiger partial charge in [0.2, 0.25) is 0 Å². The van der Waals surface area contributed by atoms with Crippen LogP contribution >= 0.6 is 11.8 Å². The average Bonchev–Trinajstić information content (AvgIpc) is 2.16. The van der Waals surface area contributed by atoms with Gasteiger partial charge in [0, 0.05) is 10.6 Å². The SMILES string of the molecule is Nc1c(SCCO)cccc1C(=O)O. The maximum Gasteiger partial charge on any atom is 0.337 e. The van der Waals surface area contributed by atoms with Gasteiger partial charge in [0.05, 0.1) is 17.9 Å². The molecule has 0 aromatic heterocycles. The van der Waals surface area contributed by atoms with Crippen LogP contribution in [0.15, 0.2) is 23.1 Å². The lowest BCUT2D eigenvalue weighted by molar-refractivity contribution is 0.0698. The fourth-order valence-corrected chi connectivity index (χ4v) is 1.76. The zero-order chi connectivity index (χ0) is 10.6. The van der Waals surface area contributed by atoms with E-state index in [1.165, 1.54) is 17.8 Å². The summed E-state index contributed by atoms with van der Waals surface area (Å²) in [5.74, 6) is -0.526. The Morgan fingerprint density at radius 3 is 2.79 bits per heavy atom. The minimum absolute atomic E-state index is 0.0431. The van der Waals surface area contributed by atoms with Crippen molar-refractivity contribution in [2.24, 2.45) is 0 Å². The van der Waals surface area contributed by atoms with E-state index in [1.54, 1.807) is 12.1 Å². The number of rotatable bonds is 4. The molecule has 0 fully saturated rings. The number of carboxylic acids is 1. The van der Waals surface area contributed by atoms with Crippen molar-refractivity contribution in [1.29, 1.82) is 0 Å². The summed E-state index contributed by atoms with van der Waals surface area (Å²) in [6.07, 6.45) is 0. The average molecular weight is 213 g/mol. The highest BCUT2D eigenvalue weighted by molar-refractivity contribution is 7.99. The first-order valence-corrected chi connectivity index (χ1v) is 5.01. The number of aliphatic hydroxyl groups is 1. The number of nitrogens with two attached hydrogens (primary N) is 1. The number of aliphatic hydroxyl groups excluding tert-OH is 1. The summed E-state index contributed by atoms with van der Waals surface area (Å²) in [4.78, 5) is 11.4. The predicted octanol–water partition coefficient (Wildman–Crippen LogP) is 1.05. The second-order valence-corrected chi connectivity index (χ2v) is 3.73. The fraction of sp³-hybridized carbons (Fsp3) is 0.222. The summed E-state index contributed by atoms with van der Waals surface area (Å²) in [5.41, 5.74) is 6.01. The molecule has 0 saturated heterocycles. The van der Waals surface area contributed by atoms with Crippen LogP contribution in [0.5, 0.6) is 0 Å². The minimum Gasteiger partial charge on any atom is -0.478 e. The Morgan fingerprint density at radius 1 is 1.50 bits per heavy atom. The molecule has 0 radical (unpaired) electrons. The van der Waals surface area contributed by atoms with Gasteiger partial charge in [-0.25, -0.2) is 4.79 Å². The van der Waals surface area contributed by atoms with Gasteiger partial charge in [0.25, 0.3) is 0 Å². The van der Waals surface area contributed by atoms with Crippen molar-refractivity contribution in [2.75, 3.05) is 18.1 Å². The predicted molar refractivity (Wildman–Crippen MR) is 55.6 cm³/mol. The number of para-hydroxylation sites is 1. The summed E-state index contributed by atoms with van der Waals surface area (Å²) < 4.78 is 0. The monoisotopic (exact) mass is 213 g/mol. The zero-order valence-electron chi connectivity index (χ0n) is 7.43. The largest absolute Gasteiger partial charge is 0.478 e. The van der Waals surface area contributed by atoms with Crippen molar-refractivity contribution in [3.8, 4) is 0 Å². The normalized spacial score (nSPS) is 10.1. The summed E-state index contributed by atoms with van der Waals surface area (Å²) >= 11 is 1.34. The molecule has 0 saturated carbocycles. The van der Waals surface area contributed by atoms with E-state index in [4.69, 9.17) is 15.9 Å². The molecule has 4 nitrogen and oxygen atoms in total. The van der Waals surface area contributed by atoms with E-state index in [0.717, 1.165) is 0 Å². The number of aromatic carboxylic acids is 1. The highest BCUT2D eigenvalue weighted by Crippen LogP contribution is 2.27. The molecule has 5 heteroatoms. The van der Waals surface area contributed by atoms with Crippen molar-refractivity contribution < 1.29 is 15.0 Å². The molecular formula is C9H11NO3S. The molecule has 1 aromatic carbocycles. The Labute approximate surface area is 85.7 Å². The molecule has 0 aliphatic carbocycles. The van der Waals surface area contributed by atoms with Crippen molar-refractivity contribution in [2.45, 2.75) is 4.90 Å². The quantitative estimate of drug-likeness (QED) is 0.514. The minimum atomic E-state index is -1.03. The van der Waals surface area contributed by atoms with Crippen molar-refractivity contribution in [1.82, 2.24) is 0 Å². The molecular weight excluding hydrogens is 202 g/mol. The number of anilines is 1. The smallest absolute Gasteiger partial charge is 0.337 e. The third-order valence-corrected chi connectivity index (χ3v) is 2.70. The van der Waals surface area contributed by atoms with Gasteiger partial charge in [-0.15, -0.1) is 11.8 Å². The molecule has 0 aliphatic heterocycles. The van der Waals surface area contributed by atoms with E-state index in [0.29, 0.717) is 10.6 Å². The lowest BCUT2D eigenvalue weighted by Gasteiger charge is -2.06. The number of hydrogen-bond donors (Lipinski definition) is 3. The van der Waals surface area contributed by atoms with Crippen LogP contribution in [0.1, 0.15) is 10.4 Å². The van der Waals surface area contributed by atoms with Crippen LogP contribution in [-0.2, 0) is 0 Å². The molecule has 1 rings (SSSR count). The van der Waals surface area contributed by atoms with Crippen molar-refractivity contribution in [3.05, 3.63) is 23.8 Å². The lowest BCUT2D eigenvalue weighted by Crippen LogP contribution is -2.03. The standard InChI is InChI=1S/C9H11NO3S/c10-8-6(9(12)13)2-1-3-7(8)14-5-4-11/h1-3,11H,4-5,10H2,(H,12,13). The van der Waals surface area contributed by atoms with Crippen LogP contribution in [0.3, 0.4) is 0 Å². The van der Waals surface area contributed by atoms with Gasteiger partial charge < -0.3 is 15.9 Å². The van der Waals surface area contributed by atoms with Crippen LogP contribution in [0.2, 0.25) is 0 Å². The van der Waals surface area contributed by atoms with Crippen LogP contribution in [-0.4, -0.2) is 28.5 Å². The summed E-state index contributed by atoms with van der Waals surface area (Å²) in [5, 5.41) is 17.4. The molecule has 0 spiro atoms. The van der Waals surface area contributed by atoms with E-state index in [-0.39, 0.29) is 17.9 Å². The fourth-order valence-electron chi connectivity index (χ4n) is 1.01. The molecule has 0 bridgehead atoms. The van der Waals surface area contributed by atoms with Gasteiger partial charge in [0.15, 0.2) is 0 Å². The number of thioether (sulfide) groups is 1. The number of nitrogen functional groups attached to an aromatic ring is 1. The topological polar surface area (TPSA) is 83.5 Å². The summed E-state index contributed by atoms with van der Waals surface area (Å²) in [7, 11) is 0.